The molecule has 2 aliphatic rings. The second-order valence-electron chi connectivity index (χ2n) is 6.79. The van der Waals surface area contributed by atoms with Crippen LogP contribution in [0.1, 0.15) is 19.3 Å². The number of ether oxygens (including phenoxy) is 1. The first-order valence-corrected chi connectivity index (χ1v) is 9.63. The number of halogens is 1. The van der Waals surface area contributed by atoms with E-state index in [1.165, 1.54) is 12.8 Å². The summed E-state index contributed by atoms with van der Waals surface area (Å²) in [7, 11) is 0. The monoisotopic (exact) mass is 407 g/mol. The molecule has 25 heavy (non-hydrogen) atoms. The van der Waals surface area contributed by atoms with Crippen LogP contribution in [0.2, 0.25) is 0 Å². The smallest absolute Gasteiger partial charge is 0.234 e. The van der Waals surface area contributed by atoms with Crippen molar-refractivity contribution < 1.29 is 9.53 Å². The van der Waals surface area contributed by atoms with E-state index in [4.69, 9.17) is 4.74 Å². The first-order valence-electron chi connectivity index (χ1n) is 8.84. The number of benzene rings is 1. The van der Waals surface area contributed by atoms with Gasteiger partial charge in [-0.25, -0.2) is 4.68 Å². The lowest BCUT2D eigenvalue weighted by atomic mass is 10.3. The predicted octanol–water partition coefficient (Wildman–Crippen LogP) is 1.80. The van der Waals surface area contributed by atoms with Crippen LogP contribution in [0.4, 0.5) is 0 Å². The van der Waals surface area contributed by atoms with Crippen molar-refractivity contribution in [1.29, 1.82) is 0 Å². The van der Waals surface area contributed by atoms with Gasteiger partial charge < -0.3 is 10.1 Å². The highest BCUT2D eigenvalue weighted by atomic mass is 79.9. The van der Waals surface area contributed by atoms with E-state index < -0.39 is 0 Å². The number of hydrogen-bond acceptors (Lipinski definition) is 5. The van der Waals surface area contributed by atoms with E-state index >= 15 is 0 Å². The molecule has 1 amide bonds. The van der Waals surface area contributed by atoms with Gasteiger partial charge in [0.1, 0.15) is 11.3 Å². The summed E-state index contributed by atoms with van der Waals surface area (Å²) in [6.07, 6.45) is 3.47. The van der Waals surface area contributed by atoms with E-state index in [-0.39, 0.29) is 5.91 Å². The fourth-order valence-corrected chi connectivity index (χ4v) is 3.66. The first kappa shape index (κ1) is 16.8. The van der Waals surface area contributed by atoms with Gasteiger partial charge in [0.25, 0.3) is 0 Å². The van der Waals surface area contributed by atoms with Crippen LogP contribution in [0.3, 0.4) is 0 Å². The summed E-state index contributed by atoms with van der Waals surface area (Å²) >= 11 is 3.61. The molecule has 8 heteroatoms. The highest BCUT2D eigenvalue weighted by Gasteiger charge is 2.24. The van der Waals surface area contributed by atoms with Crippen LogP contribution in [0, 0.1) is 5.92 Å². The summed E-state index contributed by atoms with van der Waals surface area (Å²) in [6.45, 7) is 4.56. The Morgan fingerprint density at radius 3 is 3.04 bits per heavy atom. The normalized spacial score (nSPS) is 18.5. The number of hydrogen-bond donors (Lipinski definition) is 1. The standard InChI is InChI=1S/C17H22BrN5O2/c18-16-14(25-9-1-7-22-8-6-19-15(24)11-22)5-4-13-17(16)20-21-23(13)10-12-2-3-12/h4-5,12H,1-3,6-11H2,(H,19,24). The van der Waals surface area contributed by atoms with Crippen LogP contribution in [-0.2, 0) is 11.3 Å². The summed E-state index contributed by atoms with van der Waals surface area (Å²) in [4.78, 5) is 13.5. The predicted molar refractivity (Wildman–Crippen MR) is 97.5 cm³/mol. The zero-order valence-corrected chi connectivity index (χ0v) is 15.7. The maximum Gasteiger partial charge on any atom is 0.234 e. The van der Waals surface area contributed by atoms with Crippen LogP contribution in [0.25, 0.3) is 11.0 Å². The third-order valence-corrected chi connectivity index (χ3v) is 5.48. The molecule has 1 saturated carbocycles. The van der Waals surface area contributed by atoms with Crippen molar-refractivity contribution in [2.45, 2.75) is 25.8 Å². The lowest BCUT2D eigenvalue weighted by molar-refractivity contribution is -0.124. The Morgan fingerprint density at radius 1 is 1.36 bits per heavy atom. The number of carbonyl (C=O) groups excluding carboxylic acids is 1. The Morgan fingerprint density at radius 2 is 2.24 bits per heavy atom. The molecule has 1 aromatic carbocycles. The molecule has 2 fully saturated rings. The van der Waals surface area contributed by atoms with Crippen molar-refractivity contribution in [2.24, 2.45) is 5.92 Å². The van der Waals surface area contributed by atoms with Gasteiger partial charge in [-0.1, -0.05) is 5.21 Å². The number of amides is 1. The van der Waals surface area contributed by atoms with Gasteiger partial charge in [-0.2, -0.15) is 0 Å². The van der Waals surface area contributed by atoms with E-state index in [1.54, 1.807) is 0 Å². The number of carbonyl (C=O) groups is 1. The van der Waals surface area contributed by atoms with E-state index in [0.717, 1.165) is 59.8 Å². The topological polar surface area (TPSA) is 72.3 Å². The fraction of sp³-hybridized carbons (Fsp3) is 0.588. The number of piperazine rings is 1. The summed E-state index contributed by atoms with van der Waals surface area (Å²) in [5, 5.41) is 11.4. The molecular formula is C17H22BrN5O2. The second kappa shape index (κ2) is 7.29. The van der Waals surface area contributed by atoms with Crippen LogP contribution < -0.4 is 10.1 Å². The van der Waals surface area contributed by atoms with Gasteiger partial charge in [-0.05, 0) is 53.2 Å². The van der Waals surface area contributed by atoms with Crippen molar-refractivity contribution in [3.63, 3.8) is 0 Å². The summed E-state index contributed by atoms with van der Waals surface area (Å²) in [6, 6.07) is 4.01. The van der Waals surface area contributed by atoms with E-state index in [9.17, 15) is 4.79 Å². The molecule has 4 rings (SSSR count). The van der Waals surface area contributed by atoms with Gasteiger partial charge in [0.2, 0.25) is 5.91 Å². The van der Waals surface area contributed by atoms with Crippen molar-refractivity contribution in [3.05, 3.63) is 16.6 Å². The average Bonchev–Trinajstić information content (AvgIpc) is 3.32. The highest BCUT2D eigenvalue weighted by Crippen LogP contribution is 2.34. The van der Waals surface area contributed by atoms with Crippen LogP contribution in [0.5, 0.6) is 5.75 Å². The number of rotatable bonds is 7. The molecule has 1 aliphatic carbocycles. The molecule has 2 aromatic rings. The van der Waals surface area contributed by atoms with Crippen molar-refractivity contribution in [1.82, 2.24) is 25.2 Å². The van der Waals surface area contributed by atoms with Crippen LogP contribution >= 0.6 is 15.9 Å². The Hall–Kier alpha value is -1.67. The molecule has 0 atom stereocenters. The quantitative estimate of drug-likeness (QED) is 0.708. The summed E-state index contributed by atoms with van der Waals surface area (Å²) in [5.41, 5.74) is 1.90. The summed E-state index contributed by atoms with van der Waals surface area (Å²) < 4.78 is 8.77. The van der Waals surface area contributed by atoms with Gasteiger partial charge in [0.05, 0.1) is 23.1 Å². The minimum Gasteiger partial charge on any atom is -0.492 e. The molecule has 1 saturated heterocycles. The Bertz CT molecular complexity index is 774. The third-order valence-electron chi connectivity index (χ3n) is 4.71. The molecule has 0 spiro atoms. The number of aromatic nitrogens is 3. The van der Waals surface area contributed by atoms with Gasteiger partial charge >= 0.3 is 0 Å². The maximum absolute atomic E-state index is 11.4. The molecule has 2 heterocycles. The van der Waals surface area contributed by atoms with Crippen LogP contribution in [0.15, 0.2) is 16.6 Å². The molecule has 1 aromatic heterocycles. The van der Waals surface area contributed by atoms with E-state index in [2.05, 4.69) is 36.5 Å². The molecular weight excluding hydrogens is 386 g/mol. The highest BCUT2D eigenvalue weighted by molar-refractivity contribution is 9.10. The SMILES string of the molecule is O=C1CN(CCCOc2ccc3c(nnn3CC3CC3)c2Br)CCN1. The largest absolute Gasteiger partial charge is 0.492 e. The zero-order valence-electron chi connectivity index (χ0n) is 14.1. The average molecular weight is 408 g/mol. The van der Waals surface area contributed by atoms with Gasteiger partial charge in [-0.3, -0.25) is 9.69 Å². The molecule has 7 nitrogen and oxygen atoms in total. The van der Waals surface area contributed by atoms with Crippen molar-refractivity contribution in [3.8, 4) is 5.75 Å². The number of nitrogens with one attached hydrogen (secondary N) is 1. The van der Waals surface area contributed by atoms with Gasteiger partial charge in [0, 0.05) is 26.2 Å². The van der Waals surface area contributed by atoms with Gasteiger partial charge in [0.15, 0.2) is 0 Å². The molecule has 0 unspecified atom stereocenters. The van der Waals surface area contributed by atoms with E-state index in [0.29, 0.717) is 13.2 Å². The lowest BCUT2D eigenvalue weighted by Crippen LogP contribution is -2.47. The minimum absolute atomic E-state index is 0.106. The third kappa shape index (κ3) is 3.95. The minimum atomic E-state index is 0.106. The maximum atomic E-state index is 11.4. The second-order valence-corrected chi connectivity index (χ2v) is 7.58. The molecule has 1 N–H and O–H groups in total. The van der Waals surface area contributed by atoms with Crippen molar-refractivity contribution >= 4 is 32.9 Å². The zero-order chi connectivity index (χ0) is 17.2. The number of nitrogens with zero attached hydrogens (tertiary/aromatic N) is 4. The molecule has 1 aliphatic heterocycles. The molecule has 0 radical (unpaired) electrons. The Kier molecular flexibility index (Phi) is 4.89. The number of fused-ring (bicyclic) bond motifs is 1. The Labute approximate surface area is 154 Å². The molecule has 134 valence electrons. The first-order chi connectivity index (χ1) is 12.2. The fourth-order valence-electron chi connectivity index (χ4n) is 3.13. The van der Waals surface area contributed by atoms with E-state index in [1.807, 2.05) is 16.8 Å². The lowest BCUT2D eigenvalue weighted by Gasteiger charge is -2.26. The van der Waals surface area contributed by atoms with Gasteiger partial charge in [-0.15, -0.1) is 5.10 Å². The Balaban J connectivity index is 1.33. The van der Waals surface area contributed by atoms with Crippen molar-refractivity contribution in [2.75, 3.05) is 32.8 Å². The molecule has 0 bridgehead atoms. The summed E-state index contributed by atoms with van der Waals surface area (Å²) in [5.74, 6) is 1.66. The van der Waals surface area contributed by atoms with Crippen LogP contribution in [-0.4, -0.2) is 58.6 Å².